The second-order valence-corrected chi connectivity index (χ2v) is 10.6. The number of hydrogen-bond acceptors (Lipinski definition) is 6. The van der Waals surface area contributed by atoms with Crippen LogP contribution in [0.1, 0.15) is 34.7 Å². The van der Waals surface area contributed by atoms with E-state index in [4.69, 9.17) is 9.15 Å². The monoisotopic (exact) mass is 505 g/mol. The van der Waals surface area contributed by atoms with Crippen LogP contribution in [0.5, 0.6) is 5.75 Å². The molecule has 36 heavy (non-hydrogen) atoms. The SMILES string of the molecule is Cc1ccc(S(=O)(=O)NC(C)C(=O)Oc2cc(C)cc3oc(=O)c(Cc4ccccc4)c(C)c23)cc1. The highest BCUT2D eigenvalue weighted by Gasteiger charge is 2.25. The molecule has 1 atom stereocenters. The Morgan fingerprint density at radius 3 is 2.31 bits per heavy atom. The maximum absolute atomic E-state index is 12.9. The molecule has 0 aliphatic heterocycles. The molecule has 0 aliphatic carbocycles. The molecule has 1 aromatic heterocycles. The van der Waals surface area contributed by atoms with E-state index in [1.165, 1.54) is 19.1 Å². The largest absolute Gasteiger partial charge is 0.425 e. The van der Waals surface area contributed by atoms with Gasteiger partial charge >= 0.3 is 11.6 Å². The van der Waals surface area contributed by atoms with Gasteiger partial charge in [-0.3, -0.25) is 0 Å². The zero-order valence-corrected chi connectivity index (χ0v) is 21.3. The summed E-state index contributed by atoms with van der Waals surface area (Å²) in [5.41, 5.74) is 3.52. The summed E-state index contributed by atoms with van der Waals surface area (Å²) in [5, 5.41) is 0.494. The molecule has 1 heterocycles. The molecule has 8 heteroatoms. The molecule has 0 bridgehead atoms. The summed E-state index contributed by atoms with van der Waals surface area (Å²) < 4.78 is 39.1. The minimum Gasteiger partial charge on any atom is -0.425 e. The van der Waals surface area contributed by atoms with Gasteiger partial charge in [0.15, 0.2) is 0 Å². The zero-order valence-electron chi connectivity index (χ0n) is 20.5. The molecule has 3 aromatic carbocycles. The van der Waals surface area contributed by atoms with Crippen LogP contribution in [0, 0.1) is 20.8 Å². The fraction of sp³-hybridized carbons (Fsp3) is 0.214. The molecule has 0 amide bonds. The molecule has 4 aromatic rings. The van der Waals surface area contributed by atoms with Gasteiger partial charge in [-0.15, -0.1) is 0 Å². The summed E-state index contributed by atoms with van der Waals surface area (Å²) in [6.07, 6.45) is 0.360. The van der Waals surface area contributed by atoms with Gasteiger partial charge in [0.05, 0.1) is 10.3 Å². The number of aryl methyl sites for hydroxylation is 3. The third kappa shape index (κ3) is 5.40. The van der Waals surface area contributed by atoms with E-state index >= 15 is 0 Å². The minimum atomic E-state index is -3.93. The number of carbonyl (C=O) groups excluding carboxylic acids is 1. The smallest absolute Gasteiger partial charge is 0.340 e. The molecule has 0 aliphatic rings. The molecule has 7 nitrogen and oxygen atoms in total. The number of nitrogens with one attached hydrogen (secondary N) is 1. The van der Waals surface area contributed by atoms with Gasteiger partial charge in [0.1, 0.15) is 17.4 Å². The highest BCUT2D eigenvalue weighted by atomic mass is 32.2. The molecule has 186 valence electrons. The van der Waals surface area contributed by atoms with Crippen LogP contribution in [0.15, 0.2) is 80.8 Å². The molecule has 1 N–H and O–H groups in total. The lowest BCUT2D eigenvalue weighted by molar-refractivity contribution is -0.135. The number of sulfonamides is 1. The summed E-state index contributed by atoms with van der Waals surface area (Å²) in [7, 11) is -3.93. The second kappa shape index (κ2) is 10.1. The van der Waals surface area contributed by atoms with Gasteiger partial charge in [0.25, 0.3) is 0 Å². The van der Waals surface area contributed by atoms with E-state index in [1.54, 1.807) is 38.1 Å². The van der Waals surface area contributed by atoms with Crippen LogP contribution in [-0.2, 0) is 21.2 Å². The Morgan fingerprint density at radius 2 is 1.64 bits per heavy atom. The van der Waals surface area contributed by atoms with Crippen molar-refractivity contribution in [2.75, 3.05) is 0 Å². The Kier molecular flexibility index (Phi) is 7.10. The number of ether oxygens (including phenoxy) is 1. The number of rotatable bonds is 7. The molecule has 1 unspecified atom stereocenters. The van der Waals surface area contributed by atoms with Crippen LogP contribution in [0.4, 0.5) is 0 Å². The van der Waals surface area contributed by atoms with E-state index < -0.39 is 27.7 Å². The van der Waals surface area contributed by atoms with Gasteiger partial charge in [-0.1, -0.05) is 48.0 Å². The lowest BCUT2D eigenvalue weighted by atomic mass is 9.98. The lowest BCUT2D eigenvalue weighted by Crippen LogP contribution is -2.40. The van der Waals surface area contributed by atoms with Crippen molar-refractivity contribution in [2.24, 2.45) is 0 Å². The van der Waals surface area contributed by atoms with Gasteiger partial charge in [-0.25, -0.2) is 18.0 Å². The average molecular weight is 506 g/mol. The van der Waals surface area contributed by atoms with Crippen molar-refractivity contribution in [2.45, 2.75) is 45.1 Å². The summed E-state index contributed by atoms with van der Waals surface area (Å²) in [6, 6.07) is 18.0. The number of benzene rings is 3. The van der Waals surface area contributed by atoms with Crippen LogP contribution in [0.25, 0.3) is 11.0 Å². The Hall–Kier alpha value is -3.75. The van der Waals surface area contributed by atoms with Crippen LogP contribution >= 0.6 is 0 Å². The van der Waals surface area contributed by atoms with Gasteiger partial charge < -0.3 is 9.15 Å². The summed E-state index contributed by atoms with van der Waals surface area (Å²) in [5.74, 6) is -0.584. The normalized spacial score (nSPS) is 12.4. The standard InChI is InChI=1S/C28H27NO6S/c1-17-10-12-22(13-11-17)36(32,33)29-20(4)27(30)34-24-14-18(2)15-25-26(24)19(3)23(28(31)35-25)16-21-8-6-5-7-9-21/h5-15,20,29H,16H2,1-4H3. The van der Waals surface area contributed by atoms with Crippen LogP contribution in [0.2, 0.25) is 0 Å². The van der Waals surface area contributed by atoms with Crippen LogP contribution in [-0.4, -0.2) is 20.4 Å². The first-order valence-corrected chi connectivity index (χ1v) is 12.9. The summed E-state index contributed by atoms with van der Waals surface area (Å²) >= 11 is 0. The molecule has 0 saturated heterocycles. The summed E-state index contributed by atoms with van der Waals surface area (Å²) in [6.45, 7) is 6.84. The van der Waals surface area contributed by atoms with E-state index in [1.807, 2.05) is 37.3 Å². The van der Waals surface area contributed by atoms with E-state index in [0.717, 1.165) is 16.7 Å². The maximum atomic E-state index is 12.9. The number of hydrogen-bond donors (Lipinski definition) is 1. The van der Waals surface area contributed by atoms with Crippen LogP contribution in [0.3, 0.4) is 0 Å². The molecule has 0 radical (unpaired) electrons. The lowest BCUT2D eigenvalue weighted by Gasteiger charge is -2.16. The maximum Gasteiger partial charge on any atom is 0.340 e. The third-order valence-corrected chi connectivity index (χ3v) is 7.49. The minimum absolute atomic E-state index is 0.0527. The molecular formula is C28H27NO6S. The number of carbonyl (C=O) groups is 1. The van der Waals surface area contributed by atoms with E-state index in [2.05, 4.69) is 4.72 Å². The van der Waals surface area contributed by atoms with Crippen molar-refractivity contribution in [3.63, 3.8) is 0 Å². The molecule has 4 rings (SSSR count). The van der Waals surface area contributed by atoms with Crippen LogP contribution < -0.4 is 15.1 Å². The number of fused-ring (bicyclic) bond motifs is 1. The van der Waals surface area contributed by atoms with E-state index in [-0.39, 0.29) is 10.6 Å². The average Bonchev–Trinajstić information content (AvgIpc) is 2.82. The first-order chi connectivity index (χ1) is 17.0. The molecule has 0 spiro atoms. The predicted octanol–water partition coefficient (Wildman–Crippen LogP) is 4.58. The highest BCUT2D eigenvalue weighted by Crippen LogP contribution is 2.32. The van der Waals surface area contributed by atoms with Crippen molar-refractivity contribution in [3.8, 4) is 5.75 Å². The zero-order chi connectivity index (χ0) is 26.0. The van der Waals surface area contributed by atoms with Crippen molar-refractivity contribution in [3.05, 3.63) is 105 Å². The van der Waals surface area contributed by atoms with Crippen molar-refractivity contribution in [1.29, 1.82) is 0 Å². The Balaban J connectivity index is 1.66. The van der Waals surface area contributed by atoms with E-state index in [0.29, 0.717) is 28.5 Å². The second-order valence-electron chi connectivity index (χ2n) is 8.87. The third-order valence-electron chi connectivity index (χ3n) is 5.94. The quantitative estimate of drug-likeness (QED) is 0.224. The fourth-order valence-corrected chi connectivity index (χ4v) is 5.18. The molecule has 0 fully saturated rings. The van der Waals surface area contributed by atoms with E-state index in [9.17, 15) is 18.0 Å². The summed E-state index contributed by atoms with van der Waals surface area (Å²) in [4.78, 5) is 25.8. The van der Waals surface area contributed by atoms with Gasteiger partial charge in [-0.05, 0) is 68.7 Å². The van der Waals surface area contributed by atoms with Gasteiger partial charge in [-0.2, -0.15) is 4.72 Å². The topological polar surface area (TPSA) is 103 Å². The first kappa shape index (κ1) is 25.3. The molecule has 0 saturated carbocycles. The Labute approximate surface area is 209 Å². The predicted molar refractivity (Wildman–Crippen MR) is 138 cm³/mol. The fourth-order valence-electron chi connectivity index (χ4n) is 3.98. The Bertz CT molecular complexity index is 1590. The van der Waals surface area contributed by atoms with Crippen molar-refractivity contribution in [1.82, 2.24) is 4.72 Å². The highest BCUT2D eigenvalue weighted by molar-refractivity contribution is 7.89. The van der Waals surface area contributed by atoms with Crippen molar-refractivity contribution >= 4 is 27.0 Å². The Morgan fingerprint density at radius 1 is 0.972 bits per heavy atom. The molecular weight excluding hydrogens is 478 g/mol. The van der Waals surface area contributed by atoms with Crippen molar-refractivity contribution < 1.29 is 22.4 Å². The van der Waals surface area contributed by atoms with Gasteiger partial charge in [0.2, 0.25) is 10.0 Å². The first-order valence-electron chi connectivity index (χ1n) is 11.5. The van der Waals surface area contributed by atoms with Gasteiger partial charge in [0, 0.05) is 12.0 Å². The number of esters is 1.